The molecule has 1 aliphatic heterocycles. The highest BCUT2D eigenvalue weighted by Crippen LogP contribution is 2.40. The standard InChI is InChI=1S/C27H25NO6/c1-17(29)34-22-12-10-19(11-13-22)24-23(26(31)27(32)28(24)14-5-15-33-2)25(30)21-9-8-18-6-3-4-7-20(18)16-21/h3-4,6-13,16,24,30H,5,14-15H2,1-2H3/b25-23-. The van der Waals surface area contributed by atoms with Crippen LogP contribution in [0.1, 0.15) is 30.5 Å². The highest BCUT2D eigenvalue weighted by atomic mass is 16.5. The summed E-state index contributed by atoms with van der Waals surface area (Å²) >= 11 is 0. The first-order valence-corrected chi connectivity index (χ1v) is 11.0. The Morgan fingerprint density at radius 1 is 1.00 bits per heavy atom. The van der Waals surface area contributed by atoms with Gasteiger partial charge >= 0.3 is 5.97 Å². The normalized spacial score (nSPS) is 17.4. The Morgan fingerprint density at radius 2 is 1.71 bits per heavy atom. The van der Waals surface area contributed by atoms with Crippen LogP contribution in [0, 0.1) is 0 Å². The fourth-order valence-corrected chi connectivity index (χ4v) is 4.21. The lowest BCUT2D eigenvalue weighted by Crippen LogP contribution is -2.31. The lowest BCUT2D eigenvalue weighted by molar-refractivity contribution is -0.140. The van der Waals surface area contributed by atoms with Gasteiger partial charge in [0.05, 0.1) is 11.6 Å². The van der Waals surface area contributed by atoms with E-state index in [1.807, 2.05) is 30.3 Å². The molecule has 0 spiro atoms. The van der Waals surface area contributed by atoms with Gasteiger partial charge < -0.3 is 19.5 Å². The molecule has 174 valence electrons. The SMILES string of the molecule is COCCCN1C(=O)C(=O)/C(=C(\O)c2ccc3ccccc3c2)C1c1ccc(OC(C)=O)cc1. The van der Waals surface area contributed by atoms with Gasteiger partial charge in [0, 0.05) is 32.7 Å². The lowest BCUT2D eigenvalue weighted by Gasteiger charge is -2.25. The number of ether oxygens (including phenoxy) is 2. The zero-order valence-electron chi connectivity index (χ0n) is 19.0. The first-order valence-electron chi connectivity index (χ1n) is 11.0. The van der Waals surface area contributed by atoms with Crippen LogP contribution < -0.4 is 4.74 Å². The number of amides is 1. The number of fused-ring (bicyclic) bond motifs is 1. The average molecular weight is 459 g/mol. The van der Waals surface area contributed by atoms with Crippen molar-refractivity contribution in [3.8, 4) is 5.75 Å². The summed E-state index contributed by atoms with van der Waals surface area (Å²) in [6.07, 6.45) is 0.529. The number of aliphatic hydroxyl groups excluding tert-OH is 1. The quantitative estimate of drug-likeness (QED) is 0.142. The first-order chi connectivity index (χ1) is 16.4. The maximum absolute atomic E-state index is 13.1. The minimum Gasteiger partial charge on any atom is -0.507 e. The zero-order valence-corrected chi connectivity index (χ0v) is 19.0. The Balaban J connectivity index is 1.81. The second-order valence-electron chi connectivity index (χ2n) is 8.06. The summed E-state index contributed by atoms with van der Waals surface area (Å²) in [5, 5.41) is 13.2. The number of hydrogen-bond donors (Lipinski definition) is 1. The molecule has 1 N–H and O–H groups in total. The summed E-state index contributed by atoms with van der Waals surface area (Å²) in [6, 6.07) is 18.9. The number of likely N-dealkylation sites (tertiary alicyclic amines) is 1. The van der Waals surface area contributed by atoms with Crippen LogP contribution in [0.15, 0.2) is 72.3 Å². The number of aliphatic hydroxyl groups is 1. The Bertz CT molecular complexity index is 1280. The van der Waals surface area contributed by atoms with E-state index in [-0.39, 0.29) is 17.9 Å². The molecule has 1 unspecified atom stereocenters. The number of carbonyl (C=O) groups is 3. The van der Waals surface area contributed by atoms with Crippen molar-refractivity contribution in [2.75, 3.05) is 20.3 Å². The highest BCUT2D eigenvalue weighted by Gasteiger charge is 2.45. The number of rotatable bonds is 7. The number of hydrogen-bond acceptors (Lipinski definition) is 6. The van der Waals surface area contributed by atoms with Gasteiger partial charge in [-0.1, -0.05) is 48.5 Å². The van der Waals surface area contributed by atoms with Gasteiger partial charge in [-0.15, -0.1) is 0 Å². The molecule has 0 aromatic heterocycles. The predicted octanol–water partition coefficient (Wildman–Crippen LogP) is 4.22. The summed E-state index contributed by atoms with van der Waals surface area (Å²) in [5.74, 6) is -1.74. The Labute approximate surface area is 197 Å². The minimum atomic E-state index is -0.783. The fraction of sp³-hybridized carbons (Fsp3) is 0.222. The van der Waals surface area contributed by atoms with Crippen molar-refractivity contribution in [3.63, 3.8) is 0 Å². The Hall–Kier alpha value is -3.97. The zero-order chi connectivity index (χ0) is 24.2. The third-order valence-electron chi connectivity index (χ3n) is 5.77. The smallest absolute Gasteiger partial charge is 0.308 e. The summed E-state index contributed by atoms with van der Waals surface area (Å²) in [7, 11) is 1.57. The molecule has 0 aliphatic carbocycles. The van der Waals surface area contributed by atoms with E-state index in [1.165, 1.54) is 11.8 Å². The highest BCUT2D eigenvalue weighted by molar-refractivity contribution is 6.46. The van der Waals surface area contributed by atoms with Crippen molar-refractivity contribution in [2.24, 2.45) is 0 Å². The van der Waals surface area contributed by atoms with E-state index in [1.54, 1.807) is 43.5 Å². The Kier molecular flexibility index (Phi) is 6.75. The Morgan fingerprint density at radius 3 is 2.38 bits per heavy atom. The number of nitrogens with zero attached hydrogens (tertiary/aromatic N) is 1. The topological polar surface area (TPSA) is 93.1 Å². The number of methoxy groups -OCH3 is 1. The summed E-state index contributed by atoms with van der Waals surface area (Å²) in [4.78, 5) is 38.8. The van der Waals surface area contributed by atoms with Gasteiger partial charge in [-0.05, 0) is 41.0 Å². The number of ketones is 1. The molecule has 34 heavy (non-hydrogen) atoms. The van der Waals surface area contributed by atoms with Crippen molar-refractivity contribution in [1.82, 2.24) is 4.90 Å². The molecule has 3 aromatic rings. The maximum atomic E-state index is 13.1. The molecule has 1 amide bonds. The molecular formula is C27H25NO6. The molecule has 0 bridgehead atoms. The van der Waals surface area contributed by atoms with Crippen LogP contribution >= 0.6 is 0 Å². The van der Waals surface area contributed by atoms with E-state index < -0.39 is 23.7 Å². The molecule has 4 rings (SSSR count). The largest absolute Gasteiger partial charge is 0.507 e. The summed E-state index contributed by atoms with van der Waals surface area (Å²) in [6.45, 7) is 2.01. The molecule has 0 saturated carbocycles. The third kappa shape index (κ3) is 4.56. The van der Waals surface area contributed by atoms with E-state index in [0.29, 0.717) is 29.9 Å². The van der Waals surface area contributed by atoms with Crippen molar-refractivity contribution < 1.29 is 29.0 Å². The summed E-state index contributed by atoms with van der Waals surface area (Å²) < 4.78 is 10.2. The molecule has 1 heterocycles. The summed E-state index contributed by atoms with van der Waals surface area (Å²) in [5.41, 5.74) is 1.10. The van der Waals surface area contributed by atoms with E-state index >= 15 is 0 Å². The van der Waals surface area contributed by atoms with Crippen LogP contribution in [0.2, 0.25) is 0 Å². The molecule has 7 nitrogen and oxygen atoms in total. The third-order valence-corrected chi connectivity index (χ3v) is 5.77. The van der Waals surface area contributed by atoms with Crippen LogP contribution in [0.3, 0.4) is 0 Å². The van der Waals surface area contributed by atoms with Crippen molar-refractivity contribution in [1.29, 1.82) is 0 Å². The lowest BCUT2D eigenvalue weighted by atomic mass is 9.94. The van der Waals surface area contributed by atoms with Gasteiger partial charge in [0.2, 0.25) is 0 Å². The molecule has 3 aromatic carbocycles. The second kappa shape index (κ2) is 9.89. The number of benzene rings is 3. The molecule has 1 atom stereocenters. The predicted molar refractivity (Wildman–Crippen MR) is 127 cm³/mol. The number of esters is 1. The van der Waals surface area contributed by atoms with Crippen LogP contribution in [0.4, 0.5) is 0 Å². The van der Waals surface area contributed by atoms with E-state index in [0.717, 1.165) is 10.8 Å². The first kappa shape index (κ1) is 23.2. The van der Waals surface area contributed by atoms with Crippen LogP contribution in [-0.4, -0.2) is 47.9 Å². The number of carbonyl (C=O) groups excluding carboxylic acids is 3. The van der Waals surface area contributed by atoms with Crippen LogP contribution in [0.25, 0.3) is 16.5 Å². The van der Waals surface area contributed by atoms with E-state index in [9.17, 15) is 19.5 Å². The maximum Gasteiger partial charge on any atom is 0.308 e. The van der Waals surface area contributed by atoms with E-state index in [2.05, 4.69) is 0 Å². The molecular weight excluding hydrogens is 434 g/mol. The van der Waals surface area contributed by atoms with Crippen molar-refractivity contribution in [2.45, 2.75) is 19.4 Å². The minimum absolute atomic E-state index is 0.0259. The van der Waals surface area contributed by atoms with Gasteiger partial charge in [-0.3, -0.25) is 14.4 Å². The van der Waals surface area contributed by atoms with Gasteiger partial charge in [0.25, 0.3) is 11.7 Å². The fourth-order valence-electron chi connectivity index (χ4n) is 4.21. The second-order valence-corrected chi connectivity index (χ2v) is 8.06. The van der Waals surface area contributed by atoms with Gasteiger partial charge in [0.1, 0.15) is 11.5 Å². The molecule has 1 saturated heterocycles. The van der Waals surface area contributed by atoms with Crippen molar-refractivity contribution in [3.05, 3.63) is 83.4 Å². The molecule has 7 heteroatoms. The number of Topliss-reactive ketones (excluding diaryl/α,β-unsaturated/α-hetero) is 1. The van der Waals surface area contributed by atoms with Gasteiger partial charge in [-0.2, -0.15) is 0 Å². The molecule has 0 radical (unpaired) electrons. The average Bonchev–Trinajstić information content (AvgIpc) is 3.08. The van der Waals surface area contributed by atoms with Gasteiger partial charge in [-0.25, -0.2) is 0 Å². The monoisotopic (exact) mass is 459 g/mol. The van der Waals surface area contributed by atoms with E-state index in [4.69, 9.17) is 9.47 Å². The van der Waals surface area contributed by atoms with Crippen molar-refractivity contribution >= 4 is 34.2 Å². The van der Waals surface area contributed by atoms with Crippen LogP contribution in [0.5, 0.6) is 5.75 Å². The van der Waals surface area contributed by atoms with Crippen LogP contribution in [-0.2, 0) is 19.1 Å². The molecule has 1 aliphatic rings. The van der Waals surface area contributed by atoms with Gasteiger partial charge in [0.15, 0.2) is 0 Å². The molecule has 1 fully saturated rings.